The van der Waals surface area contributed by atoms with E-state index in [1.807, 2.05) is 16.7 Å². The van der Waals surface area contributed by atoms with Crippen molar-refractivity contribution in [3.05, 3.63) is 0 Å². The van der Waals surface area contributed by atoms with E-state index in [2.05, 4.69) is 5.32 Å². The molecule has 0 aromatic heterocycles. The Morgan fingerprint density at radius 1 is 1.21 bits per heavy atom. The van der Waals surface area contributed by atoms with E-state index in [1.165, 1.54) is 25.0 Å². The first kappa shape index (κ1) is 13.3. The normalized spacial score (nSPS) is 30.7. The van der Waals surface area contributed by atoms with Crippen LogP contribution >= 0.6 is 11.8 Å². The van der Waals surface area contributed by atoms with Gasteiger partial charge in [-0.3, -0.25) is 9.59 Å². The minimum atomic E-state index is -0.547. The van der Waals surface area contributed by atoms with Crippen LogP contribution in [-0.2, 0) is 9.59 Å². The van der Waals surface area contributed by atoms with Crippen molar-refractivity contribution >= 4 is 23.6 Å². The van der Waals surface area contributed by atoms with Gasteiger partial charge in [0.05, 0.1) is 6.54 Å². The lowest BCUT2D eigenvalue weighted by atomic mass is 9.93. The zero-order valence-electron chi connectivity index (χ0n) is 11.3. The standard InChI is InChI=1S/C14H22N2O2S/c17-12-10-16(9-11-5-1-4-8-19-11)13(18)14(15-12)6-2-3-7-14/h11H,1-10H2,(H,15,17). The predicted octanol–water partition coefficient (Wildman–Crippen LogP) is 1.54. The molecule has 19 heavy (non-hydrogen) atoms. The van der Waals surface area contributed by atoms with Gasteiger partial charge in [0.1, 0.15) is 5.54 Å². The van der Waals surface area contributed by atoms with Crippen LogP contribution in [0, 0.1) is 0 Å². The van der Waals surface area contributed by atoms with Gasteiger partial charge in [0, 0.05) is 11.8 Å². The molecule has 0 radical (unpaired) electrons. The fourth-order valence-electron chi connectivity index (χ4n) is 3.57. The van der Waals surface area contributed by atoms with Gasteiger partial charge in [-0.2, -0.15) is 11.8 Å². The highest BCUT2D eigenvalue weighted by molar-refractivity contribution is 7.99. The molecule has 5 heteroatoms. The zero-order valence-corrected chi connectivity index (χ0v) is 12.1. The van der Waals surface area contributed by atoms with Gasteiger partial charge in [-0.05, 0) is 31.4 Å². The fraction of sp³-hybridized carbons (Fsp3) is 0.857. The Balaban J connectivity index is 1.69. The number of nitrogens with zero attached hydrogens (tertiary/aromatic N) is 1. The van der Waals surface area contributed by atoms with E-state index < -0.39 is 5.54 Å². The SMILES string of the molecule is O=C1CN(CC2CCCCS2)C(=O)C2(CCCC2)N1. The van der Waals surface area contributed by atoms with Crippen LogP contribution in [0.15, 0.2) is 0 Å². The summed E-state index contributed by atoms with van der Waals surface area (Å²) in [6, 6.07) is 0. The van der Waals surface area contributed by atoms with Gasteiger partial charge < -0.3 is 10.2 Å². The summed E-state index contributed by atoms with van der Waals surface area (Å²) in [6.45, 7) is 1.02. The first-order chi connectivity index (χ1) is 9.20. The Labute approximate surface area is 118 Å². The summed E-state index contributed by atoms with van der Waals surface area (Å²) in [7, 11) is 0. The van der Waals surface area contributed by atoms with E-state index in [-0.39, 0.29) is 18.4 Å². The van der Waals surface area contributed by atoms with Gasteiger partial charge in [0.2, 0.25) is 11.8 Å². The van der Waals surface area contributed by atoms with Crippen LogP contribution in [-0.4, -0.2) is 46.3 Å². The topological polar surface area (TPSA) is 49.4 Å². The van der Waals surface area contributed by atoms with Crippen LogP contribution in [0.5, 0.6) is 0 Å². The lowest BCUT2D eigenvalue weighted by Crippen LogP contribution is -2.66. The van der Waals surface area contributed by atoms with E-state index in [9.17, 15) is 9.59 Å². The van der Waals surface area contributed by atoms with Crippen molar-refractivity contribution in [2.45, 2.75) is 55.7 Å². The number of hydrogen-bond donors (Lipinski definition) is 1. The molecule has 2 saturated heterocycles. The molecule has 1 unspecified atom stereocenters. The molecule has 1 atom stereocenters. The molecule has 0 aromatic carbocycles. The maximum Gasteiger partial charge on any atom is 0.248 e. The van der Waals surface area contributed by atoms with Gasteiger partial charge in [0.15, 0.2) is 0 Å². The second-order valence-electron chi connectivity index (χ2n) is 6.01. The number of hydrogen-bond acceptors (Lipinski definition) is 3. The van der Waals surface area contributed by atoms with Gasteiger partial charge in [-0.1, -0.05) is 19.3 Å². The summed E-state index contributed by atoms with van der Waals surface area (Å²) in [4.78, 5) is 26.4. The summed E-state index contributed by atoms with van der Waals surface area (Å²) in [6.07, 6.45) is 7.49. The highest BCUT2D eigenvalue weighted by Gasteiger charge is 2.48. The molecule has 0 aromatic rings. The largest absolute Gasteiger partial charge is 0.340 e. The van der Waals surface area contributed by atoms with Crippen molar-refractivity contribution in [1.29, 1.82) is 0 Å². The maximum absolute atomic E-state index is 12.7. The average molecular weight is 282 g/mol. The third kappa shape index (κ3) is 2.62. The van der Waals surface area contributed by atoms with Crippen molar-refractivity contribution in [3.8, 4) is 0 Å². The minimum absolute atomic E-state index is 0.0299. The van der Waals surface area contributed by atoms with Crippen molar-refractivity contribution < 1.29 is 9.59 Å². The van der Waals surface area contributed by atoms with Gasteiger partial charge in [-0.15, -0.1) is 0 Å². The van der Waals surface area contributed by atoms with Crippen molar-refractivity contribution in [2.24, 2.45) is 0 Å². The van der Waals surface area contributed by atoms with Crippen LogP contribution in [0.2, 0.25) is 0 Å². The van der Waals surface area contributed by atoms with E-state index in [0.29, 0.717) is 5.25 Å². The summed E-state index contributed by atoms with van der Waals surface area (Å²) < 4.78 is 0. The van der Waals surface area contributed by atoms with Crippen LogP contribution in [0.4, 0.5) is 0 Å². The summed E-state index contributed by atoms with van der Waals surface area (Å²) >= 11 is 1.97. The molecular weight excluding hydrogens is 260 g/mol. The molecule has 2 heterocycles. The van der Waals surface area contributed by atoms with Crippen molar-refractivity contribution in [1.82, 2.24) is 10.2 Å². The summed E-state index contributed by atoms with van der Waals surface area (Å²) in [5.41, 5.74) is -0.547. The second-order valence-corrected chi connectivity index (χ2v) is 7.42. The molecule has 0 bridgehead atoms. The Morgan fingerprint density at radius 3 is 2.68 bits per heavy atom. The molecule has 3 fully saturated rings. The Kier molecular flexibility index (Phi) is 3.74. The molecule has 2 amide bonds. The molecule has 1 N–H and O–H groups in total. The van der Waals surface area contributed by atoms with Crippen LogP contribution in [0.3, 0.4) is 0 Å². The fourth-order valence-corrected chi connectivity index (χ4v) is 4.89. The number of thioether (sulfide) groups is 1. The number of carbonyl (C=O) groups is 2. The lowest BCUT2D eigenvalue weighted by molar-refractivity contribution is -0.149. The van der Waals surface area contributed by atoms with Gasteiger partial charge >= 0.3 is 0 Å². The van der Waals surface area contributed by atoms with Gasteiger partial charge in [-0.25, -0.2) is 0 Å². The third-order valence-electron chi connectivity index (χ3n) is 4.56. The van der Waals surface area contributed by atoms with E-state index >= 15 is 0 Å². The first-order valence-corrected chi connectivity index (χ1v) is 8.46. The zero-order chi connectivity index (χ0) is 13.3. The Hall–Kier alpha value is -0.710. The number of amides is 2. The van der Waals surface area contributed by atoms with Crippen LogP contribution < -0.4 is 5.32 Å². The summed E-state index contributed by atoms with van der Waals surface area (Å²) in [5, 5.41) is 3.50. The molecule has 3 aliphatic rings. The third-order valence-corrected chi connectivity index (χ3v) is 5.95. The molecule has 3 rings (SSSR count). The number of nitrogens with one attached hydrogen (secondary N) is 1. The highest BCUT2D eigenvalue weighted by Crippen LogP contribution is 2.34. The Bertz CT molecular complexity index is 374. The quantitative estimate of drug-likeness (QED) is 0.836. The number of rotatable bonds is 2. The van der Waals surface area contributed by atoms with Crippen LogP contribution in [0.1, 0.15) is 44.9 Å². The smallest absolute Gasteiger partial charge is 0.248 e. The molecule has 1 spiro atoms. The molecule has 106 valence electrons. The molecule has 2 aliphatic heterocycles. The highest BCUT2D eigenvalue weighted by atomic mass is 32.2. The lowest BCUT2D eigenvalue weighted by Gasteiger charge is -2.41. The molecule has 4 nitrogen and oxygen atoms in total. The van der Waals surface area contributed by atoms with E-state index in [1.54, 1.807) is 0 Å². The van der Waals surface area contributed by atoms with Crippen molar-refractivity contribution in [3.63, 3.8) is 0 Å². The average Bonchev–Trinajstić information content (AvgIpc) is 2.86. The predicted molar refractivity (Wildman–Crippen MR) is 76.0 cm³/mol. The first-order valence-electron chi connectivity index (χ1n) is 7.42. The number of carbonyl (C=O) groups excluding carboxylic acids is 2. The summed E-state index contributed by atoms with van der Waals surface area (Å²) in [5.74, 6) is 1.41. The number of piperazine rings is 1. The maximum atomic E-state index is 12.7. The molecule has 1 saturated carbocycles. The van der Waals surface area contributed by atoms with Crippen LogP contribution in [0.25, 0.3) is 0 Å². The van der Waals surface area contributed by atoms with E-state index in [0.717, 1.165) is 32.2 Å². The minimum Gasteiger partial charge on any atom is -0.340 e. The van der Waals surface area contributed by atoms with Gasteiger partial charge in [0.25, 0.3) is 0 Å². The van der Waals surface area contributed by atoms with E-state index in [4.69, 9.17) is 0 Å². The second kappa shape index (κ2) is 5.35. The Morgan fingerprint density at radius 2 is 2.00 bits per heavy atom. The molecular formula is C14H22N2O2S. The monoisotopic (exact) mass is 282 g/mol. The van der Waals surface area contributed by atoms with Crippen molar-refractivity contribution in [2.75, 3.05) is 18.8 Å². The molecule has 1 aliphatic carbocycles.